The molecule has 0 saturated carbocycles. The van der Waals surface area contributed by atoms with Gasteiger partial charge in [-0.2, -0.15) is 0 Å². The molecule has 0 aromatic heterocycles. The molecule has 6 heteroatoms. The van der Waals surface area contributed by atoms with E-state index >= 15 is 0 Å². The van der Waals surface area contributed by atoms with Gasteiger partial charge in [-0.3, -0.25) is 9.59 Å². The molecule has 118 valence electrons. The fourth-order valence-electron chi connectivity index (χ4n) is 2.80. The molecular formula is C17H15NO5. The summed E-state index contributed by atoms with van der Waals surface area (Å²) in [5.74, 6) is -1.32. The van der Waals surface area contributed by atoms with E-state index in [2.05, 4.69) is 0 Å². The Morgan fingerprint density at radius 1 is 1.04 bits per heavy atom. The van der Waals surface area contributed by atoms with Crippen LogP contribution >= 0.6 is 0 Å². The Morgan fingerprint density at radius 2 is 1.61 bits per heavy atom. The first-order valence-corrected chi connectivity index (χ1v) is 7.06. The fraction of sp³-hybridized carbons (Fsp3) is 0.176. The number of nitrogen functional groups attached to an aromatic ring is 1. The first kappa shape index (κ1) is 14.9. The Balaban J connectivity index is 2.39. The van der Waals surface area contributed by atoms with E-state index < -0.39 is 17.3 Å². The average Bonchev–Trinajstić information content (AvgIpc) is 2.56. The van der Waals surface area contributed by atoms with Gasteiger partial charge in [0.2, 0.25) is 5.75 Å². The zero-order valence-electron chi connectivity index (χ0n) is 12.7. The summed E-state index contributed by atoms with van der Waals surface area (Å²) in [5, 5.41) is 10.5. The highest BCUT2D eigenvalue weighted by Crippen LogP contribution is 2.49. The number of anilines is 1. The molecule has 6 nitrogen and oxygen atoms in total. The lowest BCUT2D eigenvalue weighted by Gasteiger charge is -2.23. The maximum absolute atomic E-state index is 12.7. The monoisotopic (exact) mass is 313 g/mol. The number of hydrogen-bond acceptors (Lipinski definition) is 6. The second kappa shape index (κ2) is 5.31. The molecule has 2 aromatic carbocycles. The number of ketones is 2. The van der Waals surface area contributed by atoms with Gasteiger partial charge in [-0.1, -0.05) is 24.3 Å². The van der Waals surface area contributed by atoms with Crippen LogP contribution in [-0.4, -0.2) is 30.4 Å². The second-order valence-electron chi connectivity index (χ2n) is 5.01. The summed E-state index contributed by atoms with van der Waals surface area (Å²) in [4.78, 5) is 25.4. The minimum Gasteiger partial charge on any atom is -0.504 e. The number of ether oxygens (including phenoxy) is 2. The van der Waals surface area contributed by atoms with Crippen LogP contribution in [0.25, 0.3) is 0 Å². The highest BCUT2D eigenvalue weighted by Gasteiger charge is 2.37. The van der Waals surface area contributed by atoms with Gasteiger partial charge in [-0.05, 0) is 6.92 Å². The lowest BCUT2D eigenvalue weighted by Crippen LogP contribution is -2.23. The number of carbonyl (C=O) groups excluding carboxylic acids is 2. The van der Waals surface area contributed by atoms with E-state index in [1.54, 1.807) is 31.2 Å². The topological polar surface area (TPSA) is 98.8 Å². The Morgan fingerprint density at radius 3 is 2.13 bits per heavy atom. The summed E-state index contributed by atoms with van der Waals surface area (Å²) in [6.45, 7) is 1.96. The highest BCUT2D eigenvalue weighted by molar-refractivity contribution is 6.31. The van der Waals surface area contributed by atoms with E-state index in [1.807, 2.05) is 0 Å². The van der Waals surface area contributed by atoms with Crippen LogP contribution in [0.4, 0.5) is 5.69 Å². The van der Waals surface area contributed by atoms with Gasteiger partial charge in [-0.25, -0.2) is 0 Å². The van der Waals surface area contributed by atoms with Gasteiger partial charge >= 0.3 is 0 Å². The number of benzene rings is 2. The minimum atomic E-state index is -0.469. The average molecular weight is 313 g/mol. The van der Waals surface area contributed by atoms with Crippen molar-refractivity contribution in [1.82, 2.24) is 0 Å². The largest absolute Gasteiger partial charge is 0.504 e. The molecule has 0 aliphatic heterocycles. The predicted octanol–water partition coefficient (Wildman–Crippen LogP) is 2.16. The number of aromatic hydroxyl groups is 1. The molecule has 1 aliphatic rings. The first-order chi connectivity index (χ1) is 11.0. The van der Waals surface area contributed by atoms with Crippen LogP contribution in [0.3, 0.4) is 0 Å². The highest BCUT2D eigenvalue weighted by atomic mass is 16.5. The van der Waals surface area contributed by atoms with Crippen molar-refractivity contribution in [2.75, 3.05) is 19.5 Å². The van der Waals surface area contributed by atoms with Crippen LogP contribution in [0.5, 0.6) is 17.2 Å². The standard InChI is InChI=1S/C17H15NO5/c1-3-23-17-15(21)11-10(12(18)16(17)22-2)13(19)8-6-4-5-7-9(8)14(11)20/h4-7,21H,3,18H2,1-2H3. The maximum Gasteiger partial charge on any atom is 0.206 e. The van der Waals surface area contributed by atoms with Gasteiger partial charge in [0.1, 0.15) is 0 Å². The molecule has 0 fully saturated rings. The third kappa shape index (κ3) is 1.95. The fourth-order valence-corrected chi connectivity index (χ4v) is 2.80. The zero-order valence-corrected chi connectivity index (χ0v) is 12.7. The smallest absolute Gasteiger partial charge is 0.206 e. The van der Waals surface area contributed by atoms with E-state index in [4.69, 9.17) is 15.2 Å². The molecule has 0 amide bonds. The van der Waals surface area contributed by atoms with Crippen molar-refractivity contribution < 1.29 is 24.2 Å². The normalized spacial score (nSPS) is 12.6. The van der Waals surface area contributed by atoms with Crippen molar-refractivity contribution in [1.29, 1.82) is 0 Å². The van der Waals surface area contributed by atoms with Crippen LogP contribution in [0.1, 0.15) is 38.8 Å². The van der Waals surface area contributed by atoms with Gasteiger partial charge in [0.25, 0.3) is 0 Å². The molecule has 2 aromatic rings. The van der Waals surface area contributed by atoms with Crippen LogP contribution in [0.2, 0.25) is 0 Å². The van der Waals surface area contributed by atoms with Gasteiger partial charge in [0.05, 0.1) is 30.5 Å². The van der Waals surface area contributed by atoms with Gasteiger partial charge < -0.3 is 20.3 Å². The number of nitrogens with two attached hydrogens (primary N) is 1. The summed E-state index contributed by atoms with van der Waals surface area (Å²) in [5.41, 5.74) is 6.31. The molecule has 23 heavy (non-hydrogen) atoms. The van der Waals surface area contributed by atoms with Crippen LogP contribution in [0.15, 0.2) is 24.3 Å². The Labute approximate surface area is 132 Å². The third-order valence-corrected chi connectivity index (χ3v) is 3.79. The van der Waals surface area contributed by atoms with Crippen molar-refractivity contribution in [3.05, 3.63) is 46.5 Å². The van der Waals surface area contributed by atoms with Crippen molar-refractivity contribution in [2.45, 2.75) is 6.92 Å². The number of rotatable bonds is 3. The molecule has 3 N–H and O–H groups in total. The Bertz CT molecular complexity index is 841. The molecule has 0 radical (unpaired) electrons. The number of hydrogen-bond donors (Lipinski definition) is 2. The summed E-state index contributed by atoms with van der Waals surface area (Å²) < 4.78 is 10.5. The van der Waals surface area contributed by atoms with Crippen LogP contribution in [-0.2, 0) is 0 Å². The summed E-state index contributed by atoms with van der Waals surface area (Å²) in [7, 11) is 1.35. The van der Waals surface area contributed by atoms with E-state index in [0.717, 1.165) is 0 Å². The van der Waals surface area contributed by atoms with Crippen LogP contribution in [0, 0.1) is 0 Å². The van der Waals surface area contributed by atoms with Gasteiger partial charge in [-0.15, -0.1) is 0 Å². The molecule has 0 atom stereocenters. The molecule has 0 unspecified atom stereocenters. The number of methoxy groups -OCH3 is 1. The number of fused-ring (bicyclic) bond motifs is 2. The number of carbonyl (C=O) groups is 2. The Hall–Kier alpha value is -3.02. The van der Waals surface area contributed by atoms with Crippen molar-refractivity contribution >= 4 is 17.3 Å². The van der Waals surface area contributed by atoms with Crippen LogP contribution < -0.4 is 15.2 Å². The Kier molecular flexibility index (Phi) is 3.44. The van der Waals surface area contributed by atoms with Crippen molar-refractivity contribution in [2.24, 2.45) is 0 Å². The lowest BCUT2D eigenvalue weighted by atomic mass is 9.82. The molecule has 0 spiro atoms. The van der Waals surface area contributed by atoms with E-state index in [-0.39, 0.29) is 46.0 Å². The van der Waals surface area contributed by atoms with E-state index in [0.29, 0.717) is 0 Å². The maximum atomic E-state index is 12.7. The third-order valence-electron chi connectivity index (χ3n) is 3.79. The minimum absolute atomic E-state index is 0.0170. The molecule has 3 rings (SSSR count). The van der Waals surface area contributed by atoms with Gasteiger partial charge in [0, 0.05) is 11.1 Å². The summed E-state index contributed by atoms with van der Waals surface area (Å²) >= 11 is 0. The first-order valence-electron chi connectivity index (χ1n) is 7.06. The zero-order chi connectivity index (χ0) is 16.7. The van der Waals surface area contributed by atoms with Gasteiger partial charge in [0.15, 0.2) is 23.1 Å². The second-order valence-corrected chi connectivity index (χ2v) is 5.01. The van der Waals surface area contributed by atoms with E-state index in [9.17, 15) is 14.7 Å². The number of phenols is 1. The predicted molar refractivity (Wildman–Crippen MR) is 83.5 cm³/mol. The van der Waals surface area contributed by atoms with Crippen molar-refractivity contribution in [3.63, 3.8) is 0 Å². The van der Waals surface area contributed by atoms with Crippen molar-refractivity contribution in [3.8, 4) is 17.2 Å². The molecular weight excluding hydrogens is 298 g/mol. The quantitative estimate of drug-likeness (QED) is 0.568. The van der Waals surface area contributed by atoms with E-state index in [1.165, 1.54) is 7.11 Å². The summed E-state index contributed by atoms with van der Waals surface area (Å²) in [6, 6.07) is 6.41. The molecule has 0 bridgehead atoms. The molecule has 0 heterocycles. The lowest BCUT2D eigenvalue weighted by molar-refractivity contribution is 0.0976. The SMILES string of the molecule is CCOc1c(O)c2c(c(N)c1OC)C(=O)c1ccccc1C2=O. The molecule has 1 aliphatic carbocycles. The number of phenolic OH excluding ortho intramolecular Hbond substituents is 1. The summed E-state index contributed by atoms with van der Waals surface area (Å²) in [6.07, 6.45) is 0. The molecule has 0 saturated heterocycles.